The monoisotopic (exact) mass is 267 g/mol. The fourth-order valence-corrected chi connectivity index (χ4v) is 1.80. The first kappa shape index (κ1) is 14.0. The largest absolute Gasteiger partial charge is 0.383 e. The molecule has 0 bridgehead atoms. The standard InChI is InChI=1S/C12H21N5O2/c1-18-4-3-14-11-6-12(17-9-16-11)15-8-10-7-13-2-5-19-10/h6,9-10,13H,2-5,7-8H2,1H3,(H2,14,15,16,17). The number of nitrogens with one attached hydrogen (secondary N) is 3. The molecule has 1 atom stereocenters. The summed E-state index contributed by atoms with van der Waals surface area (Å²) in [4.78, 5) is 8.33. The Morgan fingerprint density at radius 1 is 1.42 bits per heavy atom. The van der Waals surface area contributed by atoms with Crippen molar-refractivity contribution in [3.05, 3.63) is 12.4 Å². The lowest BCUT2D eigenvalue weighted by molar-refractivity contribution is 0.0372. The lowest BCUT2D eigenvalue weighted by Gasteiger charge is -2.23. The van der Waals surface area contributed by atoms with Crippen LogP contribution < -0.4 is 16.0 Å². The predicted octanol–water partition coefficient (Wildman–Crippen LogP) is -0.0648. The number of hydrogen-bond donors (Lipinski definition) is 3. The highest BCUT2D eigenvalue weighted by Crippen LogP contribution is 2.08. The van der Waals surface area contributed by atoms with Crippen LogP contribution in [-0.2, 0) is 9.47 Å². The highest BCUT2D eigenvalue weighted by Gasteiger charge is 2.12. The molecule has 7 heteroatoms. The minimum atomic E-state index is 0.189. The lowest BCUT2D eigenvalue weighted by atomic mass is 10.3. The molecule has 1 saturated heterocycles. The summed E-state index contributed by atoms with van der Waals surface area (Å²) >= 11 is 0. The van der Waals surface area contributed by atoms with Gasteiger partial charge in [-0.2, -0.15) is 0 Å². The van der Waals surface area contributed by atoms with Crippen LogP contribution in [0.5, 0.6) is 0 Å². The summed E-state index contributed by atoms with van der Waals surface area (Å²) in [6.07, 6.45) is 1.73. The van der Waals surface area contributed by atoms with Crippen molar-refractivity contribution < 1.29 is 9.47 Å². The second kappa shape index (κ2) is 7.88. The van der Waals surface area contributed by atoms with Gasteiger partial charge in [-0.05, 0) is 0 Å². The van der Waals surface area contributed by atoms with Crippen LogP contribution in [0.3, 0.4) is 0 Å². The molecule has 2 rings (SSSR count). The van der Waals surface area contributed by atoms with E-state index in [1.165, 1.54) is 6.33 Å². The van der Waals surface area contributed by atoms with Gasteiger partial charge >= 0.3 is 0 Å². The van der Waals surface area contributed by atoms with Crippen LogP contribution in [0, 0.1) is 0 Å². The lowest BCUT2D eigenvalue weighted by Crippen LogP contribution is -2.42. The van der Waals surface area contributed by atoms with Crippen molar-refractivity contribution in [1.29, 1.82) is 0 Å². The smallest absolute Gasteiger partial charge is 0.131 e. The Kier molecular flexibility index (Phi) is 5.80. The number of hydrogen-bond acceptors (Lipinski definition) is 7. The minimum absolute atomic E-state index is 0.189. The van der Waals surface area contributed by atoms with E-state index in [2.05, 4.69) is 25.9 Å². The van der Waals surface area contributed by atoms with Gasteiger partial charge in [0.05, 0.1) is 19.3 Å². The number of ether oxygens (including phenoxy) is 2. The van der Waals surface area contributed by atoms with E-state index in [9.17, 15) is 0 Å². The van der Waals surface area contributed by atoms with Gasteiger partial charge in [-0.1, -0.05) is 0 Å². The first-order valence-corrected chi connectivity index (χ1v) is 6.49. The Morgan fingerprint density at radius 3 is 3.00 bits per heavy atom. The second-order valence-corrected chi connectivity index (χ2v) is 4.29. The summed E-state index contributed by atoms with van der Waals surface area (Å²) in [6.45, 7) is 4.67. The number of nitrogens with zero attached hydrogens (tertiary/aromatic N) is 2. The molecule has 0 aliphatic carbocycles. The molecular weight excluding hydrogens is 246 g/mol. The number of aromatic nitrogens is 2. The summed E-state index contributed by atoms with van der Waals surface area (Å²) in [5.74, 6) is 1.58. The Bertz CT molecular complexity index is 371. The van der Waals surface area contributed by atoms with E-state index in [-0.39, 0.29) is 6.10 Å². The SMILES string of the molecule is COCCNc1cc(NCC2CNCCO2)ncn1. The molecule has 1 fully saturated rings. The zero-order valence-corrected chi connectivity index (χ0v) is 11.2. The average Bonchev–Trinajstić information content (AvgIpc) is 2.47. The molecule has 1 unspecified atom stereocenters. The van der Waals surface area contributed by atoms with E-state index in [0.29, 0.717) is 6.61 Å². The van der Waals surface area contributed by atoms with Gasteiger partial charge < -0.3 is 25.4 Å². The molecule has 0 aromatic carbocycles. The highest BCUT2D eigenvalue weighted by atomic mass is 16.5. The van der Waals surface area contributed by atoms with E-state index in [1.54, 1.807) is 7.11 Å². The van der Waals surface area contributed by atoms with Gasteiger partial charge in [-0.3, -0.25) is 0 Å². The third-order valence-corrected chi connectivity index (χ3v) is 2.79. The zero-order valence-electron chi connectivity index (χ0n) is 11.2. The molecule has 1 aromatic rings. The fourth-order valence-electron chi connectivity index (χ4n) is 1.80. The topological polar surface area (TPSA) is 80.3 Å². The number of methoxy groups -OCH3 is 1. The molecule has 3 N–H and O–H groups in total. The molecule has 106 valence electrons. The van der Waals surface area contributed by atoms with Gasteiger partial charge in [0, 0.05) is 39.4 Å². The van der Waals surface area contributed by atoms with E-state index in [4.69, 9.17) is 9.47 Å². The van der Waals surface area contributed by atoms with Crippen LogP contribution in [0.25, 0.3) is 0 Å². The molecule has 7 nitrogen and oxygen atoms in total. The van der Waals surface area contributed by atoms with Crippen molar-refractivity contribution in [3.63, 3.8) is 0 Å². The quantitative estimate of drug-likeness (QED) is 0.597. The fraction of sp³-hybridized carbons (Fsp3) is 0.667. The predicted molar refractivity (Wildman–Crippen MR) is 73.5 cm³/mol. The first-order chi connectivity index (χ1) is 9.38. The van der Waals surface area contributed by atoms with Gasteiger partial charge in [-0.15, -0.1) is 0 Å². The Hall–Kier alpha value is -1.44. The molecular formula is C12H21N5O2. The summed E-state index contributed by atoms with van der Waals surface area (Å²) in [6, 6.07) is 1.88. The molecule has 0 spiro atoms. The van der Waals surface area contributed by atoms with Gasteiger partial charge in [0.25, 0.3) is 0 Å². The molecule has 1 aromatic heterocycles. The van der Waals surface area contributed by atoms with Crippen LogP contribution in [-0.4, -0.2) is 62.6 Å². The maximum atomic E-state index is 5.61. The molecule has 1 aliphatic heterocycles. The number of rotatable bonds is 7. The molecule has 19 heavy (non-hydrogen) atoms. The Morgan fingerprint density at radius 2 is 2.26 bits per heavy atom. The van der Waals surface area contributed by atoms with Crippen molar-refractivity contribution in [2.45, 2.75) is 6.10 Å². The van der Waals surface area contributed by atoms with Crippen LogP contribution in [0.2, 0.25) is 0 Å². The van der Waals surface area contributed by atoms with Crippen molar-refractivity contribution in [2.75, 3.05) is 57.1 Å². The highest BCUT2D eigenvalue weighted by molar-refractivity contribution is 5.46. The maximum Gasteiger partial charge on any atom is 0.131 e. The van der Waals surface area contributed by atoms with Crippen LogP contribution in [0.1, 0.15) is 0 Å². The van der Waals surface area contributed by atoms with Crippen LogP contribution >= 0.6 is 0 Å². The summed E-state index contributed by atoms with van der Waals surface area (Å²) in [7, 11) is 1.67. The zero-order chi connectivity index (χ0) is 13.3. The molecule has 1 aliphatic rings. The third kappa shape index (κ3) is 4.98. The maximum absolute atomic E-state index is 5.61. The summed E-state index contributed by atoms with van der Waals surface area (Å²) in [5.41, 5.74) is 0. The van der Waals surface area contributed by atoms with Crippen LogP contribution in [0.15, 0.2) is 12.4 Å². The molecule has 0 amide bonds. The normalized spacial score (nSPS) is 19.1. The van der Waals surface area contributed by atoms with E-state index < -0.39 is 0 Å². The van der Waals surface area contributed by atoms with Crippen LogP contribution in [0.4, 0.5) is 11.6 Å². The molecule has 2 heterocycles. The second-order valence-electron chi connectivity index (χ2n) is 4.29. The van der Waals surface area contributed by atoms with E-state index in [0.717, 1.165) is 44.4 Å². The number of morpholine rings is 1. The third-order valence-electron chi connectivity index (χ3n) is 2.79. The van der Waals surface area contributed by atoms with Crippen molar-refractivity contribution >= 4 is 11.6 Å². The van der Waals surface area contributed by atoms with Gasteiger partial charge in [0.1, 0.15) is 18.0 Å². The average molecular weight is 267 g/mol. The van der Waals surface area contributed by atoms with Crippen molar-refractivity contribution in [3.8, 4) is 0 Å². The summed E-state index contributed by atoms with van der Waals surface area (Å²) in [5, 5.41) is 9.71. The first-order valence-electron chi connectivity index (χ1n) is 6.49. The van der Waals surface area contributed by atoms with Crippen molar-refractivity contribution in [2.24, 2.45) is 0 Å². The van der Waals surface area contributed by atoms with E-state index >= 15 is 0 Å². The van der Waals surface area contributed by atoms with Gasteiger partial charge in [0.15, 0.2) is 0 Å². The molecule has 0 radical (unpaired) electrons. The van der Waals surface area contributed by atoms with Gasteiger partial charge in [0.2, 0.25) is 0 Å². The number of anilines is 2. The van der Waals surface area contributed by atoms with Gasteiger partial charge in [-0.25, -0.2) is 9.97 Å². The van der Waals surface area contributed by atoms with Crippen molar-refractivity contribution in [1.82, 2.24) is 15.3 Å². The summed E-state index contributed by atoms with van der Waals surface area (Å²) < 4.78 is 10.6. The Labute approximate surface area is 113 Å². The molecule has 0 saturated carbocycles. The minimum Gasteiger partial charge on any atom is -0.383 e. The Balaban J connectivity index is 1.77. The van der Waals surface area contributed by atoms with E-state index in [1.807, 2.05) is 6.07 Å².